The standard InChI is InChI=1S/C30H28N2O5/c1-19-6-5-9-23(16-19)31-27(33)18-37-30(36)21-10-13-24(14-11-21)32-28(34)25-15-12-22(17-26(25)29(32)35)20-7-3-2-4-8-20/h2-11,13-14,16,22,25-26H,12,15,17-18H2,1H3,(H,31,33)/t22-,25-,26-/m1/s1. The number of esters is 1. The van der Waals surface area contributed by atoms with Gasteiger partial charge in [-0.15, -0.1) is 0 Å². The minimum atomic E-state index is -0.663. The predicted octanol–water partition coefficient (Wildman–Crippen LogP) is 4.86. The Kier molecular flexibility index (Phi) is 6.86. The summed E-state index contributed by atoms with van der Waals surface area (Å²) in [7, 11) is 0. The van der Waals surface area contributed by atoms with E-state index < -0.39 is 18.5 Å². The van der Waals surface area contributed by atoms with Gasteiger partial charge in [0, 0.05) is 5.69 Å². The number of aryl methyl sites for hydroxylation is 1. The van der Waals surface area contributed by atoms with Gasteiger partial charge in [0.2, 0.25) is 11.8 Å². The summed E-state index contributed by atoms with van der Waals surface area (Å²) in [6.07, 6.45) is 2.21. The molecular formula is C30H28N2O5. The average molecular weight is 497 g/mol. The molecule has 0 radical (unpaired) electrons. The van der Waals surface area contributed by atoms with Crippen LogP contribution in [-0.2, 0) is 19.1 Å². The smallest absolute Gasteiger partial charge is 0.338 e. The highest BCUT2D eigenvalue weighted by Crippen LogP contribution is 2.45. The highest BCUT2D eigenvalue weighted by atomic mass is 16.5. The number of ether oxygens (including phenoxy) is 1. The van der Waals surface area contributed by atoms with Crippen molar-refractivity contribution in [2.45, 2.75) is 32.1 Å². The molecule has 0 aromatic heterocycles. The molecule has 2 aliphatic rings. The number of carbonyl (C=O) groups excluding carboxylic acids is 4. The van der Waals surface area contributed by atoms with Gasteiger partial charge < -0.3 is 10.1 Å². The Hall–Kier alpha value is -4.26. The molecule has 2 fully saturated rings. The highest BCUT2D eigenvalue weighted by molar-refractivity contribution is 6.22. The van der Waals surface area contributed by atoms with Crippen LogP contribution in [0.1, 0.15) is 46.7 Å². The third-order valence-electron chi connectivity index (χ3n) is 7.19. The zero-order valence-electron chi connectivity index (χ0n) is 20.6. The zero-order chi connectivity index (χ0) is 25.9. The van der Waals surface area contributed by atoms with E-state index >= 15 is 0 Å². The second-order valence-electron chi connectivity index (χ2n) is 9.69. The Balaban J connectivity index is 1.20. The van der Waals surface area contributed by atoms with Crippen molar-refractivity contribution >= 4 is 35.1 Å². The first-order valence-electron chi connectivity index (χ1n) is 12.5. The Bertz CT molecular complexity index is 1340. The lowest BCUT2D eigenvalue weighted by Crippen LogP contribution is -2.30. The van der Waals surface area contributed by atoms with E-state index in [0.29, 0.717) is 24.2 Å². The van der Waals surface area contributed by atoms with Gasteiger partial charge in [0.05, 0.1) is 23.1 Å². The molecule has 1 heterocycles. The summed E-state index contributed by atoms with van der Waals surface area (Å²) in [5.41, 5.74) is 3.50. The molecular weight excluding hydrogens is 468 g/mol. The van der Waals surface area contributed by atoms with Crippen LogP contribution in [0.3, 0.4) is 0 Å². The van der Waals surface area contributed by atoms with Crippen molar-refractivity contribution in [1.82, 2.24) is 0 Å². The minimum Gasteiger partial charge on any atom is -0.452 e. The molecule has 3 aromatic rings. The van der Waals surface area contributed by atoms with E-state index in [-0.39, 0.29) is 35.1 Å². The topological polar surface area (TPSA) is 92.8 Å². The normalized spacial score (nSPS) is 20.9. The van der Waals surface area contributed by atoms with Gasteiger partial charge in [-0.3, -0.25) is 19.3 Å². The van der Waals surface area contributed by atoms with Crippen LogP contribution in [0.2, 0.25) is 0 Å². The molecule has 0 bridgehead atoms. The van der Waals surface area contributed by atoms with Crippen molar-refractivity contribution in [2.24, 2.45) is 11.8 Å². The molecule has 3 atom stereocenters. The number of rotatable bonds is 6. The molecule has 0 spiro atoms. The molecule has 0 unspecified atom stereocenters. The Morgan fingerprint density at radius 3 is 2.35 bits per heavy atom. The van der Waals surface area contributed by atoms with Crippen LogP contribution in [-0.4, -0.2) is 30.3 Å². The van der Waals surface area contributed by atoms with E-state index in [1.54, 1.807) is 18.2 Å². The van der Waals surface area contributed by atoms with Crippen LogP contribution in [0.4, 0.5) is 11.4 Å². The van der Waals surface area contributed by atoms with Crippen molar-refractivity contribution < 1.29 is 23.9 Å². The summed E-state index contributed by atoms with van der Waals surface area (Å²) in [4.78, 5) is 52.2. The highest BCUT2D eigenvalue weighted by Gasteiger charge is 2.50. The van der Waals surface area contributed by atoms with E-state index in [9.17, 15) is 19.2 Å². The van der Waals surface area contributed by atoms with Crippen molar-refractivity contribution in [3.63, 3.8) is 0 Å². The molecule has 1 saturated heterocycles. The Labute approximate surface area is 215 Å². The maximum atomic E-state index is 13.3. The van der Waals surface area contributed by atoms with Crippen LogP contribution >= 0.6 is 0 Å². The van der Waals surface area contributed by atoms with Gasteiger partial charge in [-0.1, -0.05) is 42.5 Å². The molecule has 37 heavy (non-hydrogen) atoms. The average Bonchev–Trinajstić information content (AvgIpc) is 3.17. The fourth-order valence-electron chi connectivity index (χ4n) is 5.34. The number of nitrogens with zero attached hydrogens (tertiary/aromatic N) is 1. The van der Waals surface area contributed by atoms with Crippen molar-refractivity contribution in [2.75, 3.05) is 16.8 Å². The van der Waals surface area contributed by atoms with E-state index in [0.717, 1.165) is 12.0 Å². The van der Waals surface area contributed by atoms with Gasteiger partial charge in [0.1, 0.15) is 0 Å². The van der Waals surface area contributed by atoms with Crippen molar-refractivity contribution in [3.05, 3.63) is 95.6 Å². The lowest BCUT2D eigenvalue weighted by atomic mass is 9.73. The molecule has 1 N–H and O–H groups in total. The van der Waals surface area contributed by atoms with Crippen LogP contribution < -0.4 is 10.2 Å². The fraction of sp³-hybridized carbons (Fsp3) is 0.267. The van der Waals surface area contributed by atoms with E-state index in [1.807, 2.05) is 43.3 Å². The molecule has 1 aliphatic heterocycles. The SMILES string of the molecule is Cc1cccc(NC(=O)COC(=O)c2ccc(N3C(=O)[C@@H]4CC[C@@H](c5ccccc5)C[C@H]4C3=O)cc2)c1. The van der Waals surface area contributed by atoms with Crippen LogP contribution in [0, 0.1) is 18.8 Å². The van der Waals surface area contributed by atoms with Crippen LogP contribution in [0.25, 0.3) is 0 Å². The fourth-order valence-corrected chi connectivity index (χ4v) is 5.34. The quantitative estimate of drug-likeness (QED) is 0.389. The summed E-state index contributed by atoms with van der Waals surface area (Å²) in [5.74, 6) is -1.83. The van der Waals surface area contributed by atoms with Gasteiger partial charge >= 0.3 is 5.97 Å². The lowest BCUT2D eigenvalue weighted by molar-refractivity contribution is -0.122. The maximum Gasteiger partial charge on any atom is 0.338 e. The summed E-state index contributed by atoms with van der Waals surface area (Å²) in [6, 6.07) is 23.6. The largest absolute Gasteiger partial charge is 0.452 e. The Morgan fingerprint density at radius 2 is 1.62 bits per heavy atom. The first kappa shape index (κ1) is 24.4. The van der Waals surface area contributed by atoms with Gasteiger partial charge in [0.25, 0.3) is 5.91 Å². The number of imide groups is 1. The second-order valence-corrected chi connectivity index (χ2v) is 9.69. The summed E-state index contributed by atoms with van der Waals surface area (Å²) in [5, 5.41) is 2.69. The number of hydrogen-bond acceptors (Lipinski definition) is 5. The molecule has 7 heteroatoms. The monoisotopic (exact) mass is 496 g/mol. The summed E-state index contributed by atoms with van der Waals surface area (Å²) >= 11 is 0. The molecule has 5 rings (SSSR count). The van der Waals surface area contributed by atoms with E-state index in [4.69, 9.17) is 4.74 Å². The van der Waals surface area contributed by atoms with Gasteiger partial charge in [-0.05, 0) is 79.6 Å². The van der Waals surface area contributed by atoms with Crippen LogP contribution in [0.5, 0.6) is 0 Å². The lowest BCUT2D eigenvalue weighted by Gasteiger charge is -2.28. The summed E-state index contributed by atoms with van der Waals surface area (Å²) < 4.78 is 5.13. The first-order chi connectivity index (χ1) is 17.9. The van der Waals surface area contributed by atoms with E-state index in [2.05, 4.69) is 17.4 Å². The number of benzene rings is 3. The van der Waals surface area contributed by atoms with Gasteiger partial charge in [-0.25, -0.2) is 4.79 Å². The van der Waals surface area contributed by atoms with E-state index in [1.165, 1.54) is 22.6 Å². The molecule has 188 valence electrons. The third-order valence-corrected chi connectivity index (χ3v) is 7.19. The zero-order valence-corrected chi connectivity index (χ0v) is 20.6. The molecule has 3 aromatic carbocycles. The number of anilines is 2. The second kappa shape index (κ2) is 10.4. The molecule has 7 nitrogen and oxygen atoms in total. The molecule has 1 aliphatic carbocycles. The van der Waals surface area contributed by atoms with Crippen LogP contribution in [0.15, 0.2) is 78.9 Å². The number of nitrogens with one attached hydrogen (secondary N) is 1. The third kappa shape index (κ3) is 5.16. The number of carbonyl (C=O) groups is 4. The van der Waals surface area contributed by atoms with Crippen molar-refractivity contribution in [1.29, 1.82) is 0 Å². The van der Waals surface area contributed by atoms with Gasteiger partial charge in [0.15, 0.2) is 6.61 Å². The molecule has 1 saturated carbocycles. The van der Waals surface area contributed by atoms with Gasteiger partial charge in [-0.2, -0.15) is 0 Å². The predicted molar refractivity (Wildman–Crippen MR) is 139 cm³/mol. The summed E-state index contributed by atoms with van der Waals surface area (Å²) in [6.45, 7) is 1.49. The van der Waals surface area contributed by atoms with Crippen molar-refractivity contribution in [3.8, 4) is 0 Å². The molecule has 3 amide bonds. The maximum absolute atomic E-state index is 13.3. The number of amides is 3. The minimum absolute atomic E-state index is 0.176. The number of fused-ring (bicyclic) bond motifs is 1. The number of hydrogen-bond donors (Lipinski definition) is 1. The first-order valence-corrected chi connectivity index (χ1v) is 12.5. The Morgan fingerprint density at radius 1 is 0.892 bits per heavy atom.